The fraction of sp³-hybridized carbons (Fsp3) is 0.385. The van der Waals surface area contributed by atoms with Gasteiger partial charge in [-0.25, -0.2) is 4.79 Å². The van der Waals surface area contributed by atoms with Gasteiger partial charge in [0.1, 0.15) is 5.75 Å². The average Bonchev–Trinajstić information content (AvgIpc) is 2.40. The number of ether oxygens (including phenoxy) is 2. The van der Waals surface area contributed by atoms with Crippen LogP contribution in [-0.4, -0.2) is 38.8 Å². The van der Waals surface area contributed by atoms with Crippen molar-refractivity contribution in [1.82, 2.24) is 10.6 Å². The van der Waals surface area contributed by atoms with Gasteiger partial charge in [-0.1, -0.05) is 18.2 Å². The van der Waals surface area contributed by atoms with Crippen LogP contribution in [0.2, 0.25) is 0 Å². The van der Waals surface area contributed by atoms with Gasteiger partial charge >= 0.3 is 6.09 Å². The van der Waals surface area contributed by atoms with Crippen molar-refractivity contribution in [2.45, 2.75) is 6.42 Å². The molecule has 0 heterocycles. The molecule has 104 valence electrons. The van der Waals surface area contributed by atoms with Crippen LogP contribution in [0.25, 0.3) is 0 Å². The van der Waals surface area contributed by atoms with Crippen LogP contribution in [-0.2, 0) is 9.53 Å². The molecule has 0 saturated carbocycles. The standard InChI is InChI=1S/C13H18N2O4/c1-18-10-9-14-12(16)7-8-15-13(17)19-11-5-3-2-4-6-11/h2-6H,7-10H2,1H3,(H,14,16)(H,15,17). The van der Waals surface area contributed by atoms with E-state index in [0.717, 1.165) is 0 Å². The number of amides is 2. The van der Waals surface area contributed by atoms with E-state index in [1.807, 2.05) is 6.07 Å². The summed E-state index contributed by atoms with van der Waals surface area (Å²) >= 11 is 0. The van der Waals surface area contributed by atoms with Crippen molar-refractivity contribution in [3.63, 3.8) is 0 Å². The second-order valence-corrected chi connectivity index (χ2v) is 3.72. The molecule has 0 unspecified atom stereocenters. The van der Waals surface area contributed by atoms with Crippen LogP contribution in [0.15, 0.2) is 30.3 Å². The summed E-state index contributed by atoms with van der Waals surface area (Å²) < 4.78 is 9.79. The van der Waals surface area contributed by atoms with Crippen LogP contribution in [0.4, 0.5) is 4.79 Å². The highest BCUT2D eigenvalue weighted by atomic mass is 16.6. The van der Waals surface area contributed by atoms with E-state index in [9.17, 15) is 9.59 Å². The number of hydrogen-bond donors (Lipinski definition) is 2. The lowest BCUT2D eigenvalue weighted by atomic mass is 10.3. The topological polar surface area (TPSA) is 76.7 Å². The first kappa shape index (κ1) is 15.0. The van der Waals surface area contributed by atoms with Gasteiger partial charge in [-0.05, 0) is 12.1 Å². The van der Waals surface area contributed by atoms with E-state index in [1.165, 1.54) is 0 Å². The van der Waals surface area contributed by atoms with E-state index < -0.39 is 6.09 Å². The molecule has 0 spiro atoms. The molecule has 1 aromatic carbocycles. The Morgan fingerprint density at radius 2 is 1.84 bits per heavy atom. The summed E-state index contributed by atoms with van der Waals surface area (Å²) in [6.07, 6.45) is -0.371. The Balaban J connectivity index is 2.12. The smallest absolute Gasteiger partial charge is 0.410 e. The lowest BCUT2D eigenvalue weighted by Crippen LogP contribution is -2.33. The maximum atomic E-state index is 11.4. The summed E-state index contributed by atoms with van der Waals surface area (Å²) in [4.78, 5) is 22.7. The minimum absolute atomic E-state index is 0.142. The molecule has 1 rings (SSSR count). The molecule has 6 heteroatoms. The molecule has 0 aliphatic rings. The highest BCUT2D eigenvalue weighted by molar-refractivity contribution is 5.77. The summed E-state index contributed by atoms with van der Waals surface area (Å²) in [6, 6.07) is 8.72. The van der Waals surface area contributed by atoms with E-state index in [-0.39, 0.29) is 18.9 Å². The molecule has 6 nitrogen and oxygen atoms in total. The van der Waals surface area contributed by atoms with Gasteiger partial charge in [-0.15, -0.1) is 0 Å². The summed E-state index contributed by atoms with van der Waals surface area (Å²) in [5.41, 5.74) is 0. The summed E-state index contributed by atoms with van der Waals surface area (Å²) in [6.45, 7) is 1.16. The number of benzene rings is 1. The molecular formula is C13H18N2O4. The lowest BCUT2D eigenvalue weighted by Gasteiger charge is -2.07. The molecule has 0 bridgehead atoms. The van der Waals surface area contributed by atoms with Crippen LogP contribution in [0, 0.1) is 0 Å². The summed E-state index contributed by atoms with van der Waals surface area (Å²) in [5.74, 6) is 0.321. The van der Waals surface area contributed by atoms with Gasteiger partial charge in [0.25, 0.3) is 0 Å². The Bertz CT molecular complexity index is 395. The van der Waals surface area contributed by atoms with Crippen LogP contribution in [0.3, 0.4) is 0 Å². The molecule has 2 amide bonds. The zero-order valence-corrected chi connectivity index (χ0v) is 10.8. The van der Waals surface area contributed by atoms with E-state index in [1.54, 1.807) is 31.4 Å². The van der Waals surface area contributed by atoms with Crippen LogP contribution >= 0.6 is 0 Å². The molecule has 0 aliphatic heterocycles. The van der Waals surface area contributed by atoms with Crippen molar-refractivity contribution in [2.24, 2.45) is 0 Å². The second-order valence-electron chi connectivity index (χ2n) is 3.72. The van der Waals surface area contributed by atoms with Gasteiger partial charge < -0.3 is 20.1 Å². The normalized spacial score (nSPS) is 9.74. The third-order valence-corrected chi connectivity index (χ3v) is 2.20. The predicted octanol–water partition coefficient (Wildman–Crippen LogP) is 0.928. The van der Waals surface area contributed by atoms with Gasteiger partial charge in [0.2, 0.25) is 5.91 Å². The van der Waals surface area contributed by atoms with Crippen LogP contribution < -0.4 is 15.4 Å². The van der Waals surface area contributed by atoms with Gasteiger partial charge in [0.05, 0.1) is 6.61 Å². The first-order valence-corrected chi connectivity index (χ1v) is 5.98. The molecule has 1 aromatic rings. The number of carbonyl (C=O) groups excluding carboxylic acids is 2. The Hall–Kier alpha value is -2.08. The molecule has 0 fully saturated rings. The lowest BCUT2D eigenvalue weighted by molar-refractivity contribution is -0.121. The fourth-order valence-electron chi connectivity index (χ4n) is 1.29. The van der Waals surface area contributed by atoms with E-state index in [4.69, 9.17) is 9.47 Å². The van der Waals surface area contributed by atoms with Gasteiger partial charge in [0.15, 0.2) is 0 Å². The maximum Gasteiger partial charge on any atom is 0.412 e. The number of rotatable bonds is 7. The minimum Gasteiger partial charge on any atom is -0.410 e. The summed E-state index contributed by atoms with van der Waals surface area (Å²) in [5, 5.41) is 5.15. The number of para-hydroxylation sites is 1. The van der Waals surface area contributed by atoms with Crippen molar-refractivity contribution in [3.8, 4) is 5.75 Å². The maximum absolute atomic E-state index is 11.4. The molecule has 0 saturated heterocycles. The molecule has 0 aromatic heterocycles. The highest BCUT2D eigenvalue weighted by Crippen LogP contribution is 2.07. The first-order valence-electron chi connectivity index (χ1n) is 5.98. The SMILES string of the molecule is COCCNC(=O)CCNC(=O)Oc1ccccc1. The van der Waals surface area contributed by atoms with Gasteiger partial charge in [-0.3, -0.25) is 4.79 Å². The Morgan fingerprint density at radius 1 is 1.11 bits per heavy atom. The van der Waals surface area contributed by atoms with Crippen molar-refractivity contribution in [1.29, 1.82) is 0 Å². The van der Waals surface area contributed by atoms with E-state index >= 15 is 0 Å². The van der Waals surface area contributed by atoms with Crippen molar-refractivity contribution >= 4 is 12.0 Å². The van der Waals surface area contributed by atoms with Gasteiger partial charge in [-0.2, -0.15) is 0 Å². The molecule has 0 atom stereocenters. The van der Waals surface area contributed by atoms with Crippen LogP contribution in [0.5, 0.6) is 5.75 Å². The first-order chi connectivity index (χ1) is 9.22. The zero-order chi connectivity index (χ0) is 13.9. The molecule has 19 heavy (non-hydrogen) atoms. The Labute approximate surface area is 112 Å². The molecule has 2 N–H and O–H groups in total. The van der Waals surface area contributed by atoms with Gasteiger partial charge in [0, 0.05) is 26.6 Å². The quantitative estimate of drug-likeness (QED) is 0.720. The van der Waals surface area contributed by atoms with Crippen molar-refractivity contribution in [3.05, 3.63) is 30.3 Å². The average molecular weight is 266 g/mol. The zero-order valence-electron chi connectivity index (χ0n) is 10.8. The molecular weight excluding hydrogens is 248 g/mol. The highest BCUT2D eigenvalue weighted by Gasteiger charge is 2.05. The summed E-state index contributed by atoms with van der Waals surface area (Å²) in [7, 11) is 1.56. The fourth-order valence-corrected chi connectivity index (χ4v) is 1.29. The minimum atomic E-state index is -0.573. The monoisotopic (exact) mass is 266 g/mol. The van der Waals surface area contributed by atoms with Crippen molar-refractivity contribution in [2.75, 3.05) is 26.8 Å². The number of nitrogens with one attached hydrogen (secondary N) is 2. The number of carbonyl (C=O) groups is 2. The predicted molar refractivity (Wildman–Crippen MR) is 70.0 cm³/mol. The van der Waals surface area contributed by atoms with Crippen molar-refractivity contribution < 1.29 is 19.1 Å². The largest absolute Gasteiger partial charge is 0.412 e. The van der Waals surface area contributed by atoms with E-state index in [2.05, 4.69) is 10.6 Å². The second kappa shape index (κ2) is 8.93. The molecule has 0 aliphatic carbocycles. The van der Waals surface area contributed by atoms with Crippen LogP contribution in [0.1, 0.15) is 6.42 Å². The third-order valence-electron chi connectivity index (χ3n) is 2.20. The Kier molecular flexibility index (Phi) is 7.04. The molecule has 0 radical (unpaired) electrons. The Morgan fingerprint density at radius 3 is 2.53 bits per heavy atom. The third kappa shape index (κ3) is 7.05. The number of hydrogen-bond acceptors (Lipinski definition) is 4. The number of methoxy groups -OCH3 is 1. The van der Waals surface area contributed by atoms with E-state index in [0.29, 0.717) is 18.9 Å².